The quantitative estimate of drug-likeness (QED) is 0.712. The number of hydrogen-bond donors (Lipinski definition) is 0. The standard InChI is InChI=1S/C21H17N3O/c22-15-20(17-9-3-1-4-10-17)24(16-19-13-7-8-14-23-19)21(25)18-11-5-2-6-12-18/h1-14,20H,16H2. The van der Waals surface area contributed by atoms with Crippen molar-refractivity contribution in [3.05, 3.63) is 102 Å². The number of carbonyl (C=O) groups excluding carboxylic acids is 1. The zero-order valence-electron chi connectivity index (χ0n) is 13.6. The van der Waals surface area contributed by atoms with E-state index in [1.54, 1.807) is 23.2 Å². The van der Waals surface area contributed by atoms with E-state index in [2.05, 4.69) is 11.1 Å². The second kappa shape index (κ2) is 7.89. The van der Waals surface area contributed by atoms with Gasteiger partial charge in [0.1, 0.15) is 6.04 Å². The number of nitrogens with zero attached hydrogens (tertiary/aromatic N) is 3. The summed E-state index contributed by atoms with van der Waals surface area (Å²) in [6, 6.07) is 25.5. The molecule has 0 aliphatic carbocycles. The largest absolute Gasteiger partial charge is 0.313 e. The average molecular weight is 327 g/mol. The molecular weight excluding hydrogens is 310 g/mol. The van der Waals surface area contributed by atoms with Crippen LogP contribution in [0.3, 0.4) is 0 Å². The average Bonchev–Trinajstić information content (AvgIpc) is 2.69. The molecular formula is C21H17N3O. The van der Waals surface area contributed by atoms with E-state index in [1.807, 2.05) is 66.7 Å². The van der Waals surface area contributed by atoms with E-state index in [9.17, 15) is 10.1 Å². The Bertz CT molecular complexity index is 858. The van der Waals surface area contributed by atoms with E-state index in [0.717, 1.165) is 11.3 Å². The fourth-order valence-electron chi connectivity index (χ4n) is 2.65. The van der Waals surface area contributed by atoms with Crippen LogP contribution in [0.25, 0.3) is 0 Å². The van der Waals surface area contributed by atoms with Gasteiger partial charge in [-0.2, -0.15) is 5.26 Å². The predicted molar refractivity (Wildman–Crippen MR) is 95.3 cm³/mol. The molecule has 0 saturated heterocycles. The molecule has 1 atom stereocenters. The highest BCUT2D eigenvalue weighted by Gasteiger charge is 2.26. The van der Waals surface area contributed by atoms with E-state index < -0.39 is 6.04 Å². The molecule has 3 aromatic rings. The van der Waals surface area contributed by atoms with Gasteiger partial charge in [-0.25, -0.2) is 0 Å². The Kier molecular flexibility index (Phi) is 5.18. The highest BCUT2D eigenvalue weighted by atomic mass is 16.2. The molecule has 1 unspecified atom stereocenters. The fourth-order valence-corrected chi connectivity index (χ4v) is 2.65. The minimum absolute atomic E-state index is 0.193. The van der Waals surface area contributed by atoms with Crippen LogP contribution in [-0.2, 0) is 6.54 Å². The van der Waals surface area contributed by atoms with Gasteiger partial charge in [-0.1, -0.05) is 54.6 Å². The highest BCUT2D eigenvalue weighted by molar-refractivity contribution is 5.94. The molecule has 1 amide bonds. The number of rotatable bonds is 5. The maximum Gasteiger partial charge on any atom is 0.255 e. The molecule has 0 bridgehead atoms. The van der Waals surface area contributed by atoms with Gasteiger partial charge in [0, 0.05) is 11.8 Å². The summed E-state index contributed by atoms with van der Waals surface area (Å²) in [4.78, 5) is 18.9. The number of pyridine rings is 1. The van der Waals surface area contributed by atoms with Crippen LogP contribution < -0.4 is 0 Å². The molecule has 1 aromatic heterocycles. The Hall–Kier alpha value is -3.45. The first kappa shape index (κ1) is 16.4. The first-order chi connectivity index (χ1) is 12.3. The number of aromatic nitrogens is 1. The number of hydrogen-bond acceptors (Lipinski definition) is 3. The smallest absolute Gasteiger partial charge is 0.255 e. The van der Waals surface area contributed by atoms with Gasteiger partial charge in [0.25, 0.3) is 5.91 Å². The van der Waals surface area contributed by atoms with Crippen molar-refractivity contribution in [1.82, 2.24) is 9.88 Å². The highest BCUT2D eigenvalue weighted by Crippen LogP contribution is 2.24. The van der Waals surface area contributed by atoms with E-state index in [-0.39, 0.29) is 12.5 Å². The van der Waals surface area contributed by atoms with Crippen LogP contribution in [0.1, 0.15) is 27.7 Å². The molecule has 1 heterocycles. The molecule has 0 aliphatic heterocycles. The summed E-state index contributed by atoms with van der Waals surface area (Å²) >= 11 is 0. The van der Waals surface area contributed by atoms with Crippen LogP contribution in [0.15, 0.2) is 85.1 Å². The lowest BCUT2D eigenvalue weighted by molar-refractivity contribution is 0.0699. The second-order valence-electron chi connectivity index (χ2n) is 5.56. The number of carbonyl (C=O) groups is 1. The first-order valence-corrected chi connectivity index (χ1v) is 8.00. The fraction of sp³-hybridized carbons (Fsp3) is 0.0952. The maximum atomic E-state index is 13.1. The normalized spacial score (nSPS) is 11.3. The van der Waals surface area contributed by atoms with Gasteiger partial charge in [-0.15, -0.1) is 0 Å². The molecule has 4 heteroatoms. The lowest BCUT2D eigenvalue weighted by Crippen LogP contribution is -2.34. The Balaban J connectivity index is 1.99. The minimum atomic E-state index is -0.684. The molecule has 2 aromatic carbocycles. The molecule has 3 rings (SSSR count). The summed E-state index contributed by atoms with van der Waals surface area (Å²) in [7, 11) is 0. The van der Waals surface area contributed by atoms with Gasteiger partial charge in [0.2, 0.25) is 0 Å². The molecule has 0 saturated carbocycles. The molecule has 0 radical (unpaired) electrons. The zero-order valence-corrected chi connectivity index (χ0v) is 13.6. The minimum Gasteiger partial charge on any atom is -0.313 e. The monoisotopic (exact) mass is 327 g/mol. The summed E-state index contributed by atoms with van der Waals surface area (Å²) < 4.78 is 0. The lowest BCUT2D eigenvalue weighted by Gasteiger charge is -2.27. The van der Waals surface area contributed by atoms with Crippen molar-refractivity contribution in [2.45, 2.75) is 12.6 Å². The Morgan fingerprint density at radius 1 is 0.960 bits per heavy atom. The van der Waals surface area contributed by atoms with Crippen LogP contribution in [0.5, 0.6) is 0 Å². The van der Waals surface area contributed by atoms with Gasteiger partial charge in [-0.05, 0) is 29.8 Å². The third-order valence-corrected chi connectivity index (χ3v) is 3.89. The van der Waals surface area contributed by atoms with Gasteiger partial charge < -0.3 is 4.90 Å². The van der Waals surface area contributed by atoms with E-state index in [0.29, 0.717) is 5.56 Å². The van der Waals surface area contributed by atoms with Gasteiger partial charge >= 0.3 is 0 Å². The van der Waals surface area contributed by atoms with Gasteiger partial charge in [-0.3, -0.25) is 9.78 Å². The Labute approximate surface area is 147 Å². The first-order valence-electron chi connectivity index (χ1n) is 8.00. The summed E-state index contributed by atoms with van der Waals surface area (Å²) in [5.41, 5.74) is 2.07. The van der Waals surface area contributed by atoms with Crippen LogP contribution in [-0.4, -0.2) is 15.8 Å². The molecule has 0 spiro atoms. The van der Waals surface area contributed by atoms with E-state index in [4.69, 9.17) is 0 Å². The van der Waals surface area contributed by atoms with Crippen molar-refractivity contribution in [2.75, 3.05) is 0 Å². The summed E-state index contributed by atoms with van der Waals surface area (Å²) in [5.74, 6) is -0.193. The van der Waals surface area contributed by atoms with Crippen LogP contribution in [0, 0.1) is 11.3 Å². The van der Waals surface area contributed by atoms with Crippen molar-refractivity contribution in [1.29, 1.82) is 5.26 Å². The molecule has 0 fully saturated rings. The van der Waals surface area contributed by atoms with Gasteiger partial charge in [0.15, 0.2) is 0 Å². The van der Waals surface area contributed by atoms with Crippen molar-refractivity contribution in [3.63, 3.8) is 0 Å². The van der Waals surface area contributed by atoms with Crippen molar-refractivity contribution in [2.24, 2.45) is 0 Å². The molecule has 4 nitrogen and oxygen atoms in total. The number of amides is 1. The van der Waals surface area contributed by atoms with E-state index in [1.165, 1.54) is 0 Å². The number of benzene rings is 2. The molecule has 0 aliphatic rings. The third kappa shape index (κ3) is 3.91. The topological polar surface area (TPSA) is 57.0 Å². The SMILES string of the molecule is N#CC(c1ccccc1)N(Cc1ccccn1)C(=O)c1ccccc1. The Morgan fingerprint density at radius 3 is 2.20 bits per heavy atom. The molecule has 25 heavy (non-hydrogen) atoms. The van der Waals surface area contributed by atoms with Crippen molar-refractivity contribution in [3.8, 4) is 6.07 Å². The summed E-state index contributed by atoms with van der Waals surface area (Å²) in [6.45, 7) is 0.266. The second-order valence-corrected chi connectivity index (χ2v) is 5.56. The predicted octanol–water partition coefficient (Wildman–Crippen LogP) is 3.99. The summed E-state index contributed by atoms with van der Waals surface area (Å²) in [6.07, 6.45) is 1.68. The lowest BCUT2D eigenvalue weighted by atomic mass is 10.0. The molecule has 0 N–H and O–H groups in total. The van der Waals surface area contributed by atoms with Crippen LogP contribution in [0.4, 0.5) is 0 Å². The molecule has 122 valence electrons. The maximum absolute atomic E-state index is 13.1. The van der Waals surface area contributed by atoms with E-state index >= 15 is 0 Å². The zero-order chi connectivity index (χ0) is 17.5. The van der Waals surface area contributed by atoms with Crippen molar-refractivity contribution >= 4 is 5.91 Å². The number of nitriles is 1. The van der Waals surface area contributed by atoms with Crippen LogP contribution >= 0.6 is 0 Å². The van der Waals surface area contributed by atoms with Crippen LogP contribution in [0.2, 0.25) is 0 Å². The summed E-state index contributed by atoms with van der Waals surface area (Å²) in [5, 5.41) is 9.76. The van der Waals surface area contributed by atoms with Gasteiger partial charge in [0.05, 0.1) is 18.3 Å². The van der Waals surface area contributed by atoms with Crippen molar-refractivity contribution < 1.29 is 4.79 Å². The third-order valence-electron chi connectivity index (χ3n) is 3.89. The Morgan fingerprint density at radius 2 is 1.60 bits per heavy atom.